The van der Waals surface area contributed by atoms with Gasteiger partial charge in [0.1, 0.15) is 0 Å². The second-order valence-corrected chi connectivity index (χ2v) is 7.00. The lowest BCUT2D eigenvalue weighted by Gasteiger charge is -2.27. The summed E-state index contributed by atoms with van der Waals surface area (Å²) in [6, 6.07) is 8.84. The maximum Gasteiger partial charge on any atom is 0.0688 e. The zero-order valence-corrected chi connectivity index (χ0v) is 13.4. The van der Waals surface area contributed by atoms with Crippen molar-refractivity contribution in [3.63, 3.8) is 0 Å². The van der Waals surface area contributed by atoms with Crippen LogP contribution in [0.3, 0.4) is 0 Å². The van der Waals surface area contributed by atoms with E-state index in [-0.39, 0.29) is 0 Å². The molecule has 1 aromatic carbocycles. The van der Waals surface area contributed by atoms with Crippen LogP contribution in [-0.4, -0.2) is 10.7 Å². The van der Waals surface area contributed by atoms with Crippen molar-refractivity contribution in [3.05, 3.63) is 35.4 Å². The van der Waals surface area contributed by atoms with Gasteiger partial charge in [0, 0.05) is 6.42 Å². The van der Waals surface area contributed by atoms with Gasteiger partial charge in [0.2, 0.25) is 0 Å². The van der Waals surface area contributed by atoms with Crippen molar-refractivity contribution in [2.45, 2.75) is 77.2 Å². The van der Waals surface area contributed by atoms with E-state index in [1.165, 1.54) is 36.8 Å². The van der Waals surface area contributed by atoms with E-state index in [4.69, 9.17) is 0 Å². The van der Waals surface area contributed by atoms with Crippen LogP contribution < -0.4 is 0 Å². The quantitative estimate of drug-likeness (QED) is 0.760. The molecule has 1 aliphatic carbocycles. The molecule has 0 heterocycles. The Balaban J connectivity index is 2.00. The minimum Gasteiger partial charge on any atom is -0.390 e. The SMILES string of the molecule is CCC1CCCC(O)(Cc2ccc(C(C)C)cc2)CC1. The van der Waals surface area contributed by atoms with Crippen LogP contribution in [-0.2, 0) is 6.42 Å². The van der Waals surface area contributed by atoms with Crippen molar-refractivity contribution < 1.29 is 5.11 Å². The predicted octanol–water partition coefficient (Wildman–Crippen LogP) is 5.07. The highest BCUT2D eigenvalue weighted by Gasteiger charge is 2.30. The Labute approximate surface area is 124 Å². The van der Waals surface area contributed by atoms with Crippen molar-refractivity contribution in [1.82, 2.24) is 0 Å². The van der Waals surface area contributed by atoms with Gasteiger partial charge < -0.3 is 5.11 Å². The zero-order valence-electron chi connectivity index (χ0n) is 13.4. The number of benzene rings is 1. The number of hydrogen-bond donors (Lipinski definition) is 1. The van der Waals surface area contributed by atoms with Gasteiger partial charge in [0.25, 0.3) is 0 Å². The van der Waals surface area contributed by atoms with Crippen molar-refractivity contribution in [1.29, 1.82) is 0 Å². The summed E-state index contributed by atoms with van der Waals surface area (Å²) in [5.74, 6) is 1.41. The maximum atomic E-state index is 10.9. The molecule has 2 atom stereocenters. The molecule has 0 aromatic heterocycles. The van der Waals surface area contributed by atoms with Gasteiger partial charge in [-0.15, -0.1) is 0 Å². The summed E-state index contributed by atoms with van der Waals surface area (Å²) in [6.07, 6.45) is 7.69. The molecule has 1 nitrogen and oxygen atoms in total. The fourth-order valence-electron chi connectivity index (χ4n) is 3.45. The molecule has 1 saturated carbocycles. The molecule has 1 aliphatic rings. The van der Waals surface area contributed by atoms with E-state index in [0.29, 0.717) is 5.92 Å². The Morgan fingerprint density at radius 3 is 2.45 bits per heavy atom. The summed E-state index contributed by atoms with van der Waals surface area (Å²) in [4.78, 5) is 0. The molecule has 0 aliphatic heterocycles. The first-order valence-electron chi connectivity index (χ1n) is 8.33. The summed E-state index contributed by atoms with van der Waals surface area (Å²) in [6.45, 7) is 6.72. The van der Waals surface area contributed by atoms with E-state index in [1.807, 2.05) is 0 Å². The highest BCUT2D eigenvalue weighted by Crippen LogP contribution is 2.34. The van der Waals surface area contributed by atoms with Gasteiger partial charge in [-0.3, -0.25) is 0 Å². The molecule has 0 radical (unpaired) electrons. The topological polar surface area (TPSA) is 20.2 Å². The van der Waals surface area contributed by atoms with Gasteiger partial charge in [0.05, 0.1) is 5.60 Å². The van der Waals surface area contributed by atoms with Crippen molar-refractivity contribution >= 4 is 0 Å². The van der Waals surface area contributed by atoms with E-state index in [1.54, 1.807) is 0 Å². The lowest BCUT2D eigenvalue weighted by molar-refractivity contribution is 0.0242. The Morgan fingerprint density at radius 2 is 1.85 bits per heavy atom. The average Bonchev–Trinajstić information content (AvgIpc) is 2.61. The van der Waals surface area contributed by atoms with Crippen molar-refractivity contribution in [2.24, 2.45) is 5.92 Å². The molecule has 112 valence electrons. The number of rotatable bonds is 4. The monoisotopic (exact) mass is 274 g/mol. The molecule has 2 rings (SSSR count). The van der Waals surface area contributed by atoms with Gasteiger partial charge in [0.15, 0.2) is 0 Å². The standard InChI is InChI=1S/C19H30O/c1-4-16-6-5-12-19(20,13-11-16)14-17-7-9-18(10-8-17)15(2)3/h7-10,15-16,20H,4-6,11-14H2,1-3H3. The highest BCUT2D eigenvalue weighted by molar-refractivity contribution is 5.25. The van der Waals surface area contributed by atoms with Crippen LogP contribution >= 0.6 is 0 Å². The Morgan fingerprint density at radius 1 is 1.15 bits per heavy atom. The molecule has 20 heavy (non-hydrogen) atoms. The largest absolute Gasteiger partial charge is 0.390 e. The van der Waals surface area contributed by atoms with Crippen LogP contribution in [0.2, 0.25) is 0 Å². The third-order valence-electron chi connectivity index (χ3n) is 5.03. The summed E-state index contributed by atoms with van der Waals surface area (Å²) in [5.41, 5.74) is 2.20. The molecule has 0 saturated heterocycles. The van der Waals surface area contributed by atoms with Crippen LogP contribution in [0.4, 0.5) is 0 Å². The van der Waals surface area contributed by atoms with Crippen molar-refractivity contribution in [2.75, 3.05) is 0 Å². The molecule has 0 amide bonds. The van der Waals surface area contributed by atoms with Crippen molar-refractivity contribution in [3.8, 4) is 0 Å². The third-order valence-corrected chi connectivity index (χ3v) is 5.03. The smallest absolute Gasteiger partial charge is 0.0688 e. The van der Waals surface area contributed by atoms with E-state index >= 15 is 0 Å². The van der Waals surface area contributed by atoms with Gasteiger partial charge in [-0.25, -0.2) is 0 Å². The Kier molecular flexibility index (Phi) is 5.26. The average molecular weight is 274 g/mol. The first-order chi connectivity index (χ1) is 9.52. The third kappa shape index (κ3) is 4.09. The van der Waals surface area contributed by atoms with Gasteiger partial charge in [-0.2, -0.15) is 0 Å². The minimum atomic E-state index is -0.469. The van der Waals surface area contributed by atoms with Crippen LogP contribution in [0, 0.1) is 5.92 Å². The molecule has 0 spiro atoms. The molecule has 1 aromatic rings. The Hall–Kier alpha value is -0.820. The predicted molar refractivity (Wildman–Crippen MR) is 86.1 cm³/mol. The van der Waals surface area contributed by atoms with Gasteiger partial charge in [-0.05, 0) is 42.2 Å². The second kappa shape index (κ2) is 6.76. The van der Waals surface area contributed by atoms with Gasteiger partial charge in [-0.1, -0.05) is 64.3 Å². The summed E-state index contributed by atoms with van der Waals surface area (Å²) in [5, 5.41) is 10.9. The lowest BCUT2D eigenvalue weighted by Crippen LogP contribution is -2.30. The molecule has 2 unspecified atom stereocenters. The molecular weight excluding hydrogens is 244 g/mol. The molecule has 0 bridgehead atoms. The maximum absolute atomic E-state index is 10.9. The van der Waals surface area contributed by atoms with Crippen LogP contribution in [0.15, 0.2) is 24.3 Å². The molecule has 1 fully saturated rings. The first kappa shape index (κ1) is 15.6. The summed E-state index contributed by atoms with van der Waals surface area (Å²) >= 11 is 0. The lowest BCUT2D eigenvalue weighted by atomic mass is 9.86. The molecule has 1 heteroatoms. The Bertz CT molecular complexity index is 406. The molecular formula is C19H30O. The highest BCUT2D eigenvalue weighted by atomic mass is 16.3. The van der Waals surface area contributed by atoms with Gasteiger partial charge >= 0.3 is 0 Å². The number of hydrogen-bond acceptors (Lipinski definition) is 1. The second-order valence-electron chi connectivity index (χ2n) is 7.00. The normalized spacial score (nSPS) is 27.6. The first-order valence-corrected chi connectivity index (χ1v) is 8.33. The summed E-state index contributed by atoms with van der Waals surface area (Å²) in [7, 11) is 0. The van der Waals surface area contributed by atoms with E-state index in [2.05, 4.69) is 45.0 Å². The van der Waals surface area contributed by atoms with E-state index in [0.717, 1.165) is 25.2 Å². The zero-order chi connectivity index (χ0) is 14.6. The van der Waals surface area contributed by atoms with E-state index < -0.39 is 5.60 Å². The van der Waals surface area contributed by atoms with Crippen LogP contribution in [0.5, 0.6) is 0 Å². The minimum absolute atomic E-state index is 0.469. The molecule has 1 N–H and O–H groups in total. The van der Waals surface area contributed by atoms with Crippen LogP contribution in [0.1, 0.15) is 76.3 Å². The fourth-order valence-corrected chi connectivity index (χ4v) is 3.45. The van der Waals surface area contributed by atoms with Crippen LogP contribution in [0.25, 0.3) is 0 Å². The fraction of sp³-hybridized carbons (Fsp3) is 0.684. The number of aliphatic hydroxyl groups is 1. The van der Waals surface area contributed by atoms with E-state index in [9.17, 15) is 5.11 Å². The summed E-state index contributed by atoms with van der Waals surface area (Å²) < 4.78 is 0.